The predicted molar refractivity (Wildman–Crippen MR) is 87.6 cm³/mol. The molecule has 0 unspecified atom stereocenters. The zero-order valence-corrected chi connectivity index (χ0v) is 13.2. The molecule has 0 spiro atoms. The van der Waals surface area contributed by atoms with Crippen molar-refractivity contribution in [1.82, 2.24) is 10.1 Å². The van der Waals surface area contributed by atoms with Crippen LogP contribution in [0.2, 0.25) is 0 Å². The van der Waals surface area contributed by atoms with E-state index in [1.54, 1.807) is 0 Å². The van der Waals surface area contributed by atoms with Crippen LogP contribution in [0.25, 0.3) is 0 Å². The van der Waals surface area contributed by atoms with Gasteiger partial charge in [-0.05, 0) is 24.1 Å². The van der Waals surface area contributed by atoms with Crippen molar-refractivity contribution in [2.45, 2.75) is 25.0 Å². The molecule has 1 aromatic heterocycles. The molecule has 1 saturated heterocycles. The lowest BCUT2D eigenvalue weighted by Crippen LogP contribution is -2.07. The van der Waals surface area contributed by atoms with Crippen molar-refractivity contribution in [3.63, 3.8) is 0 Å². The Hall–Kier alpha value is -2.66. The van der Waals surface area contributed by atoms with Crippen LogP contribution in [-0.4, -0.2) is 16.7 Å². The molecule has 2 heterocycles. The Morgan fingerprint density at radius 3 is 2.54 bits per heavy atom. The Morgan fingerprint density at radius 2 is 1.75 bits per heavy atom. The molecule has 0 radical (unpaired) electrons. The summed E-state index contributed by atoms with van der Waals surface area (Å²) in [7, 11) is 0. The van der Waals surface area contributed by atoms with Gasteiger partial charge in [0.15, 0.2) is 6.61 Å². The molecule has 5 heteroatoms. The zero-order chi connectivity index (χ0) is 16.2. The van der Waals surface area contributed by atoms with E-state index in [2.05, 4.69) is 22.3 Å². The summed E-state index contributed by atoms with van der Waals surface area (Å²) < 4.78 is 16.9. The number of para-hydroxylation sites is 1. The molecule has 0 N–H and O–H groups in total. The smallest absolute Gasteiger partial charge is 0.256 e. The molecule has 24 heavy (non-hydrogen) atoms. The number of hydrogen-bond donors (Lipinski definition) is 0. The van der Waals surface area contributed by atoms with Crippen LogP contribution >= 0.6 is 0 Å². The second-order valence-corrected chi connectivity index (χ2v) is 5.75. The normalized spacial score (nSPS) is 20.2. The minimum Gasteiger partial charge on any atom is -0.485 e. The van der Waals surface area contributed by atoms with E-state index in [1.165, 1.54) is 5.56 Å². The molecule has 3 aromatic rings. The molecular weight excluding hydrogens is 304 g/mol. The zero-order valence-electron chi connectivity index (χ0n) is 13.2. The van der Waals surface area contributed by atoms with Gasteiger partial charge in [0.1, 0.15) is 11.9 Å². The highest BCUT2D eigenvalue weighted by Gasteiger charge is 2.35. The molecule has 1 aliphatic rings. The third-order valence-electron chi connectivity index (χ3n) is 4.16. The Bertz CT molecular complexity index is 774. The highest BCUT2D eigenvalue weighted by molar-refractivity contribution is 5.23. The molecule has 2 atom stereocenters. The average molecular weight is 322 g/mol. The van der Waals surface area contributed by atoms with E-state index in [0.717, 1.165) is 12.2 Å². The summed E-state index contributed by atoms with van der Waals surface area (Å²) in [6, 6.07) is 19.9. The number of nitrogens with zero attached hydrogens (tertiary/aromatic N) is 2. The van der Waals surface area contributed by atoms with Crippen molar-refractivity contribution in [2.75, 3.05) is 6.61 Å². The second kappa shape index (κ2) is 6.84. The van der Waals surface area contributed by atoms with Gasteiger partial charge in [-0.1, -0.05) is 53.7 Å². The molecule has 0 saturated carbocycles. The minimum absolute atomic E-state index is 0.189. The fraction of sp³-hybridized carbons (Fsp3) is 0.263. The first kappa shape index (κ1) is 14.9. The fourth-order valence-electron chi connectivity index (χ4n) is 2.98. The van der Waals surface area contributed by atoms with Crippen LogP contribution in [0.1, 0.15) is 35.7 Å². The third-order valence-corrected chi connectivity index (χ3v) is 4.16. The number of ether oxygens (including phenoxy) is 2. The summed E-state index contributed by atoms with van der Waals surface area (Å²) in [5.74, 6) is 2.07. The SMILES string of the molecule is c1ccc(OCc2noc([C@H]3OCC[C@H]3c3ccccc3)n2)cc1. The van der Waals surface area contributed by atoms with Gasteiger partial charge in [0.05, 0.1) is 0 Å². The Balaban J connectivity index is 1.46. The molecule has 2 aromatic carbocycles. The fourth-order valence-corrected chi connectivity index (χ4v) is 2.98. The number of aromatic nitrogens is 2. The van der Waals surface area contributed by atoms with Gasteiger partial charge in [-0.15, -0.1) is 0 Å². The van der Waals surface area contributed by atoms with Gasteiger partial charge in [-0.2, -0.15) is 4.98 Å². The van der Waals surface area contributed by atoms with E-state index in [1.807, 2.05) is 48.5 Å². The van der Waals surface area contributed by atoms with Gasteiger partial charge in [0.2, 0.25) is 5.82 Å². The summed E-state index contributed by atoms with van der Waals surface area (Å²) in [6.45, 7) is 0.971. The molecule has 5 nitrogen and oxygen atoms in total. The Labute approximate surface area is 140 Å². The van der Waals surface area contributed by atoms with Crippen molar-refractivity contribution < 1.29 is 14.0 Å². The summed E-state index contributed by atoms with van der Waals surface area (Å²) in [4.78, 5) is 4.46. The monoisotopic (exact) mass is 322 g/mol. The minimum atomic E-state index is -0.189. The maximum absolute atomic E-state index is 5.85. The Morgan fingerprint density at radius 1 is 1.00 bits per heavy atom. The van der Waals surface area contributed by atoms with E-state index in [9.17, 15) is 0 Å². The van der Waals surface area contributed by atoms with Gasteiger partial charge in [-0.3, -0.25) is 0 Å². The van der Waals surface area contributed by atoms with E-state index in [4.69, 9.17) is 14.0 Å². The topological polar surface area (TPSA) is 57.4 Å². The van der Waals surface area contributed by atoms with Gasteiger partial charge < -0.3 is 14.0 Å². The molecule has 0 amide bonds. The highest BCUT2D eigenvalue weighted by atomic mass is 16.5. The lowest BCUT2D eigenvalue weighted by molar-refractivity contribution is 0.0758. The number of hydrogen-bond acceptors (Lipinski definition) is 5. The van der Waals surface area contributed by atoms with Crippen LogP contribution in [0.4, 0.5) is 0 Å². The summed E-state index contributed by atoms with van der Waals surface area (Å²) in [6.07, 6.45) is 0.762. The van der Waals surface area contributed by atoms with E-state index in [0.29, 0.717) is 18.3 Å². The van der Waals surface area contributed by atoms with E-state index in [-0.39, 0.29) is 18.6 Å². The lowest BCUT2D eigenvalue weighted by atomic mass is 9.92. The molecule has 0 aliphatic carbocycles. The standard InChI is InChI=1S/C19H18N2O3/c1-3-7-14(8-4-1)16-11-12-22-18(16)19-20-17(21-24-19)13-23-15-9-5-2-6-10-15/h1-10,16,18H,11-13H2/t16-,18-/m0/s1. The van der Waals surface area contributed by atoms with Gasteiger partial charge in [0, 0.05) is 12.5 Å². The van der Waals surface area contributed by atoms with Crippen LogP contribution in [0.5, 0.6) is 5.75 Å². The van der Waals surface area contributed by atoms with Crippen LogP contribution < -0.4 is 4.74 Å². The first-order valence-corrected chi connectivity index (χ1v) is 8.07. The summed E-state index contributed by atoms with van der Waals surface area (Å²) in [5, 5.41) is 4.01. The largest absolute Gasteiger partial charge is 0.485 e. The maximum atomic E-state index is 5.85. The van der Waals surface area contributed by atoms with Crippen molar-refractivity contribution in [3.8, 4) is 5.75 Å². The maximum Gasteiger partial charge on any atom is 0.256 e. The lowest BCUT2D eigenvalue weighted by Gasteiger charge is -2.14. The van der Waals surface area contributed by atoms with Crippen molar-refractivity contribution in [1.29, 1.82) is 0 Å². The van der Waals surface area contributed by atoms with Gasteiger partial charge in [0.25, 0.3) is 5.89 Å². The van der Waals surface area contributed by atoms with Crippen molar-refractivity contribution in [2.24, 2.45) is 0 Å². The first-order chi connectivity index (χ1) is 11.9. The van der Waals surface area contributed by atoms with Crippen LogP contribution in [-0.2, 0) is 11.3 Å². The second-order valence-electron chi connectivity index (χ2n) is 5.75. The van der Waals surface area contributed by atoms with Crippen molar-refractivity contribution in [3.05, 3.63) is 77.9 Å². The number of rotatable bonds is 5. The molecule has 0 bridgehead atoms. The molecule has 4 rings (SSSR count). The molecular formula is C19H18N2O3. The van der Waals surface area contributed by atoms with E-state index < -0.39 is 0 Å². The third kappa shape index (κ3) is 3.16. The Kier molecular flexibility index (Phi) is 4.25. The van der Waals surface area contributed by atoms with Crippen molar-refractivity contribution >= 4 is 0 Å². The predicted octanol–water partition coefficient (Wildman–Crippen LogP) is 3.89. The van der Waals surface area contributed by atoms with Crippen LogP contribution in [0.15, 0.2) is 65.2 Å². The first-order valence-electron chi connectivity index (χ1n) is 8.07. The highest BCUT2D eigenvalue weighted by Crippen LogP contribution is 2.40. The summed E-state index contributed by atoms with van der Waals surface area (Å²) >= 11 is 0. The van der Waals surface area contributed by atoms with Crippen LogP contribution in [0.3, 0.4) is 0 Å². The molecule has 1 aliphatic heterocycles. The van der Waals surface area contributed by atoms with Crippen LogP contribution in [0, 0.1) is 0 Å². The quantitative estimate of drug-likeness (QED) is 0.713. The van der Waals surface area contributed by atoms with E-state index >= 15 is 0 Å². The molecule has 122 valence electrons. The summed E-state index contributed by atoms with van der Waals surface area (Å²) in [5.41, 5.74) is 1.24. The van der Waals surface area contributed by atoms with Gasteiger partial charge >= 0.3 is 0 Å². The number of benzene rings is 2. The average Bonchev–Trinajstić information content (AvgIpc) is 3.31. The molecule has 1 fully saturated rings. The van der Waals surface area contributed by atoms with Gasteiger partial charge in [-0.25, -0.2) is 0 Å².